The molecule has 1 saturated heterocycles. The van der Waals surface area contributed by atoms with Crippen molar-refractivity contribution in [1.29, 1.82) is 0 Å². The van der Waals surface area contributed by atoms with Crippen molar-refractivity contribution >= 4 is 5.91 Å². The monoisotopic (exact) mass is 275 g/mol. The molecule has 1 aliphatic rings. The molecule has 1 heterocycles. The Morgan fingerprint density at radius 1 is 1.20 bits per heavy atom. The van der Waals surface area contributed by atoms with Gasteiger partial charge in [-0.05, 0) is 12.0 Å². The van der Waals surface area contributed by atoms with Gasteiger partial charge in [-0.25, -0.2) is 0 Å². The highest BCUT2D eigenvalue weighted by Crippen LogP contribution is 2.22. The van der Waals surface area contributed by atoms with Gasteiger partial charge < -0.3 is 10.6 Å². The molecule has 0 aromatic heterocycles. The second-order valence-corrected chi connectivity index (χ2v) is 5.33. The van der Waals surface area contributed by atoms with Gasteiger partial charge in [-0.15, -0.1) is 0 Å². The summed E-state index contributed by atoms with van der Waals surface area (Å²) in [7, 11) is 0. The van der Waals surface area contributed by atoms with E-state index >= 15 is 0 Å². The molecule has 0 saturated carbocycles. The van der Waals surface area contributed by atoms with E-state index in [-0.39, 0.29) is 11.8 Å². The first-order valence-corrected chi connectivity index (χ1v) is 7.52. The van der Waals surface area contributed by atoms with Gasteiger partial charge in [0.05, 0.1) is 5.92 Å². The minimum atomic E-state index is -0.00254. The molecule has 2 N–H and O–H groups in total. The molecule has 4 heteroatoms. The summed E-state index contributed by atoms with van der Waals surface area (Å²) in [5.41, 5.74) is 6.71. The van der Waals surface area contributed by atoms with E-state index in [0.717, 1.165) is 44.7 Å². The Hall–Kier alpha value is -1.39. The number of benzene rings is 1. The topological polar surface area (TPSA) is 49.6 Å². The minimum absolute atomic E-state index is 0.00254. The molecule has 2 rings (SSSR count). The molecule has 0 spiro atoms. The first-order chi connectivity index (χ1) is 9.76. The number of hydrogen-bond acceptors (Lipinski definition) is 3. The van der Waals surface area contributed by atoms with Crippen LogP contribution in [0.15, 0.2) is 30.3 Å². The van der Waals surface area contributed by atoms with E-state index in [1.807, 2.05) is 23.1 Å². The quantitative estimate of drug-likeness (QED) is 0.881. The van der Waals surface area contributed by atoms with Crippen molar-refractivity contribution in [2.45, 2.75) is 19.3 Å². The number of rotatable bonds is 5. The van der Waals surface area contributed by atoms with E-state index in [0.29, 0.717) is 6.54 Å². The predicted molar refractivity (Wildman–Crippen MR) is 81.5 cm³/mol. The number of piperazine rings is 1. The average molecular weight is 275 g/mol. The molecular weight excluding hydrogens is 250 g/mol. The van der Waals surface area contributed by atoms with Crippen LogP contribution >= 0.6 is 0 Å². The fourth-order valence-electron chi connectivity index (χ4n) is 2.83. The zero-order chi connectivity index (χ0) is 14.4. The lowest BCUT2D eigenvalue weighted by Crippen LogP contribution is -2.50. The van der Waals surface area contributed by atoms with Crippen molar-refractivity contribution in [3.63, 3.8) is 0 Å². The van der Waals surface area contributed by atoms with Crippen LogP contribution in [0.1, 0.15) is 24.8 Å². The standard InChI is InChI=1S/C16H25N3O/c1-2-15(14-6-4-3-5-7-14)16(20)19-12-10-18(9-8-17)11-13-19/h3-7,15H,2,8-13,17H2,1H3. The number of hydrogen-bond donors (Lipinski definition) is 1. The molecule has 4 nitrogen and oxygen atoms in total. The van der Waals surface area contributed by atoms with Gasteiger partial charge in [0.1, 0.15) is 0 Å². The van der Waals surface area contributed by atoms with Gasteiger partial charge in [0.15, 0.2) is 0 Å². The number of nitrogens with two attached hydrogens (primary N) is 1. The second kappa shape index (κ2) is 7.41. The molecule has 1 aromatic carbocycles. The number of amides is 1. The SMILES string of the molecule is CCC(C(=O)N1CCN(CCN)CC1)c1ccccc1. The Kier molecular flexibility index (Phi) is 5.56. The summed E-state index contributed by atoms with van der Waals surface area (Å²) in [4.78, 5) is 17.0. The zero-order valence-electron chi connectivity index (χ0n) is 12.3. The normalized spacial score (nSPS) is 18.0. The summed E-state index contributed by atoms with van der Waals surface area (Å²) in [6.07, 6.45) is 0.853. The van der Waals surface area contributed by atoms with E-state index in [2.05, 4.69) is 24.0 Å². The molecule has 1 atom stereocenters. The molecule has 0 radical (unpaired) electrons. The second-order valence-electron chi connectivity index (χ2n) is 5.33. The number of carbonyl (C=O) groups excluding carboxylic acids is 1. The van der Waals surface area contributed by atoms with E-state index in [4.69, 9.17) is 5.73 Å². The summed E-state index contributed by atoms with van der Waals surface area (Å²) in [5.74, 6) is 0.267. The highest BCUT2D eigenvalue weighted by atomic mass is 16.2. The van der Waals surface area contributed by atoms with Crippen LogP contribution in [0, 0.1) is 0 Å². The maximum atomic E-state index is 12.7. The van der Waals surface area contributed by atoms with Crippen molar-refractivity contribution in [2.24, 2.45) is 5.73 Å². The largest absolute Gasteiger partial charge is 0.340 e. The Bertz CT molecular complexity index is 413. The summed E-state index contributed by atoms with van der Waals surface area (Å²) in [6, 6.07) is 10.1. The molecule has 0 aliphatic carbocycles. The van der Waals surface area contributed by atoms with Gasteiger partial charge in [0.2, 0.25) is 5.91 Å². The zero-order valence-corrected chi connectivity index (χ0v) is 12.3. The van der Waals surface area contributed by atoms with Gasteiger partial charge in [-0.3, -0.25) is 9.69 Å². The van der Waals surface area contributed by atoms with Crippen LogP contribution in [0.4, 0.5) is 0 Å². The molecular formula is C16H25N3O. The smallest absolute Gasteiger partial charge is 0.230 e. The van der Waals surface area contributed by atoms with E-state index < -0.39 is 0 Å². The summed E-state index contributed by atoms with van der Waals surface area (Å²) in [6.45, 7) is 7.22. The molecule has 1 unspecified atom stereocenters. The summed E-state index contributed by atoms with van der Waals surface area (Å²) in [5, 5.41) is 0. The Morgan fingerprint density at radius 2 is 1.85 bits per heavy atom. The molecule has 1 amide bonds. The van der Waals surface area contributed by atoms with Crippen LogP contribution < -0.4 is 5.73 Å². The van der Waals surface area contributed by atoms with Crippen LogP contribution in [-0.4, -0.2) is 55.0 Å². The van der Waals surface area contributed by atoms with Gasteiger partial charge in [-0.1, -0.05) is 37.3 Å². The Morgan fingerprint density at radius 3 is 2.40 bits per heavy atom. The first kappa shape index (κ1) is 15.0. The molecule has 1 aromatic rings. The van der Waals surface area contributed by atoms with Crippen molar-refractivity contribution in [3.05, 3.63) is 35.9 Å². The lowest BCUT2D eigenvalue weighted by atomic mass is 9.95. The fraction of sp³-hybridized carbons (Fsp3) is 0.562. The first-order valence-electron chi connectivity index (χ1n) is 7.52. The third kappa shape index (κ3) is 3.58. The van der Waals surface area contributed by atoms with Gasteiger partial charge in [-0.2, -0.15) is 0 Å². The molecule has 110 valence electrons. The number of nitrogens with zero attached hydrogens (tertiary/aromatic N) is 2. The molecule has 0 bridgehead atoms. The van der Waals surface area contributed by atoms with Crippen LogP contribution in [-0.2, 0) is 4.79 Å². The van der Waals surface area contributed by atoms with Gasteiger partial charge in [0, 0.05) is 39.3 Å². The van der Waals surface area contributed by atoms with E-state index in [1.54, 1.807) is 0 Å². The van der Waals surface area contributed by atoms with Crippen LogP contribution in [0.25, 0.3) is 0 Å². The Balaban J connectivity index is 1.97. The average Bonchev–Trinajstić information content (AvgIpc) is 2.50. The van der Waals surface area contributed by atoms with E-state index in [1.165, 1.54) is 0 Å². The van der Waals surface area contributed by atoms with Crippen molar-refractivity contribution in [2.75, 3.05) is 39.3 Å². The van der Waals surface area contributed by atoms with Crippen molar-refractivity contribution in [1.82, 2.24) is 9.80 Å². The lowest BCUT2D eigenvalue weighted by molar-refractivity contribution is -0.134. The highest BCUT2D eigenvalue weighted by Gasteiger charge is 2.27. The highest BCUT2D eigenvalue weighted by molar-refractivity contribution is 5.83. The lowest BCUT2D eigenvalue weighted by Gasteiger charge is -2.36. The third-order valence-electron chi connectivity index (χ3n) is 4.04. The molecule has 1 fully saturated rings. The van der Waals surface area contributed by atoms with Crippen molar-refractivity contribution in [3.8, 4) is 0 Å². The van der Waals surface area contributed by atoms with E-state index in [9.17, 15) is 4.79 Å². The van der Waals surface area contributed by atoms with Crippen LogP contribution in [0.5, 0.6) is 0 Å². The van der Waals surface area contributed by atoms with Gasteiger partial charge >= 0.3 is 0 Å². The summed E-state index contributed by atoms with van der Waals surface area (Å²) < 4.78 is 0. The maximum absolute atomic E-state index is 12.7. The third-order valence-corrected chi connectivity index (χ3v) is 4.04. The van der Waals surface area contributed by atoms with Gasteiger partial charge in [0.25, 0.3) is 0 Å². The fourth-order valence-corrected chi connectivity index (χ4v) is 2.83. The predicted octanol–water partition coefficient (Wildman–Crippen LogP) is 1.28. The molecule has 1 aliphatic heterocycles. The minimum Gasteiger partial charge on any atom is -0.340 e. The maximum Gasteiger partial charge on any atom is 0.230 e. The summed E-state index contributed by atoms with van der Waals surface area (Å²) >= 11 is 0. The van der Waals surface area contributed by atoms with Crippen LogP contribution in [0.3, 0.4) is 0 Å². The number of carbonyl (C=O) groups is 1. The van der Waals surface area contributed by atoms with Crippen molar-refractivity contribution < 1.29 is 4.79 Å². The van der Waals surface area contributed by atoms with Crippen LogP contribution in [0.2, 0.25) is 0 Å². The molecule has 20 heavy (non-hydrogen) atoms. The Labute approximate surface area is 121 Å².